The van der Waals surface area contributed by atoms with E-state index < -0.39 is 22.1 Å². The highest BCUT2D eigenvalue weighted by atomic mass is 32.2. The summed E-state index contributed by atoms with van der Waals surface area (Å²) in [5.74, 6) is -0.928. The number of carboxylic acids is 1. The molecule has 102 valence electrons. The van der Waals surface area contributed by atoms with Gasteiger partial charge in [-0.1, -0.05) is 24.6 Å². The molecule has 0 saturated carbocycles. The summed E-state index contributed by atoms with van der Waals surface area (Å²) in [5, 5.41) is 8.06. The molecule has 0 aliphatic carbocycles. The lowest BCUT2D eigenvalue weighted by Crippen LogP contribution is -2.28. The number of aliphatic carboxylic acids is 1. The fourth-order valence-electron chi connectivity index (χ4n) is 0.885. The minimum atomic E-state index is -4.02. The Kier molecular flexibility index (Phi) is 6.53. The smallest absolute Gasteiger partial charge is 0.320 e. The average molecular weight is 275 g/mol. The minimum Gasteiger partial charge on any atom is -0.480 e. The molecule has 0 amide bonds. The Balaban J connectivity index is 0.000000360. The maximum atomic E-state index is 10.5. The summed E-state index contributed by atoms with van der Waals surface area (Å²) in [5.41, 5.74) is 5.97. The van der Waals surface area contributed by atoms with E-state index in [1.165, 1.54) is 12.1 Å². The fourth-order valence-corrected chi connectivity index (χ4v) is 1.36. The lowest BCUT2D eigenvalue weighted by Gasteiger charge is -1.97. The van der Waals surface area contributed by atoms with Gasteiger partial charge >= 0.3 is 5.97 Å². The number of aryl methyl sites for hydroxylation is 1. The number of rotatable bonds is 3. The maximum absolute atomic E-state index is 10.5. The average Bonchev–Trinajstić information content (AvgIpc) is 2.28. The van der Waals surface area contributed by atoms with Gasteiger partial charge in [-0.2, -0.15) is 8.42 Å². The second kappa shape index (κ2) is 7.10. The van der Waals surface area contributed by atoms with Gasteiger partial charge in [-0.25, -0.2) is 0 Å². The van der Waals surface area contributed by atoms with E-state index in [-0.39, 0.29) is 4.90 Å². The summed E-state index contributed by atoms with van der Waals surface area (Å²) in [7, 11) is -4.02. The van der Waals surface area contributed by atoms with Gasteiger partial charge in [-0.15, -0.1) is 0 Å². The number of carboxylic acid groups (broad SMARTS) is 1. The summed E-state index contributed by atoms with van der Waals surface area (Å²) >= 11 is 0. The standard InChI is InChI=1S/C7H8O3S.C4H9NO2/c1-6-2-4-7(5-3-6)11(8,9)10;1-2-3(5)4(6)7/h2-5H,1H3,(H,8,9,10);3H,2,5H2,1H3,(H,6,7)/t;3-/m.1/s1. The van der Waals surface area contributed by atoms with Gasteiger partial charge in [-0.3, -0.25) is 9.35 Å². The van der Waals surface area contributed by atoms with Gasteiger partial charge in [0, 0.05) is 0 Å². The summed E-state index contributed by atoms with van der Waals surface area (Å²) in [6.45, 7) is 3.58. The lowest BCUT2D eigenvalue weighted by atomic mass is 10.2. The molecule has 0 bridgehead atoms. The molecule has 1 aromatic carbocycles. The van der Waals surface area contributed by atoms with E-state index in [0.29, 0.717) is 6.42 Å². The van der Waals surface area contributed by atoms with Crippen LogP contribution < -0.4 is 5.73 Å². The van der Waals surface area contributed by atoms with E-state index in [9.17, 15) is 13.2 Å². The van der Waals surface area contributed by atoms with Crippen LogP contribution in [0.1, 0.15) is 18.9 Å². The fraction of sp³-hybridized carbons (Fsp3) is 0.364. The first-order valence-electron chi connectivity index (χ1n) is 5.21. The lowest BCUT2D eigenvalue weighted by molar-refractivity contribution is -0.138. The molecule has 0 aliphatic rings. The summed E-state index contributed by atoms with van der Waals surface area (Å²) in [4.78, 5) is 9.74. The zero-order valence-corrected chi connectivity index (χ0v) is 11.0. The second-order valence-corrected chi connectivity index (χ2v) is 5.06. The van der Waals surface area contributed by atoms with E-state index >= 15 is 0 Å². The number of benzene rings is 1. The molecule has 4 N–H and O–H groups in total. The molecular formula is C11H17NO5S. The van der Waals surface area contributed by atoms with Crippen LogP contribution >= 0.6 is 0 Å². The van der Waals surface area contributed by atoms with Crippen LogP contribution in [0.4, 0.5) is 0 Å². The van der Waals surface area contributed by atoms with Crippen LogP contribution in [0.3, 0.4) is 0 Å². The van der Waals surface area contributed by atoms with Crippen LogP contribution in [0.2, 0.25) is 0 Å². The molecule has 18 heavy (non-hydrogen) atoms. The molecule has 1 atom stereocenters. The van der Waals surface area contributed by atoms with Crippen molar-refractivity contribution >= 4 is 16.1 Å². The SMILES string of the molecule is CC[C@@H](N)C(=O)O.Cc1ccc(S(=O)(=O)O)cc1. The van der Waals surface area contributed by atoms with E-state index in [1.807, 2.05) is 6.92 Å². The predicted molar refractivity (Wildman–Crippen MR) is 66.9 cm³/mol. The first kappa shape index (κ1) is 16.6. The summed E-state index contributed by atoms with van der Waals surface area (Å²) in [6, 6.07) is 5.31. The van der Waals surface area contributed by atoms with E-state index in [4.69, 9.17) is 15.4 Å². The third kappa shape index (κ3) is 6.33. The topological polar surface area (TPSA) is 118 Å². The van der Waals surface area contributed by atoms with Crippen LogP contribution in [-0.2, 0) is 14.9 Å². The number of carbonyl (C=O) groups is 1. The third-order valence-corrected chi connectivity index (χ3v) is 2.94. The van der Waals surface area contributed by atoms with Crippen LogP contribution in [0.15, 0.2) is 29.2 Å². The molecule has 0 unspecified atom stereocenters. The van der Waals surface area contributed by atoms with Gasteiger partial charge in [0.05, 0.1) is 4.90 Å². The highest BCUT2D eigenvalue weighted by molar-refractivity contribution is 7.85. The largest absolute Gasteiger partial charge is 0.480 e. The van der Waals surface area contributed by atoms with Gasteiger partial charge in [0.15, 0.2) is 0 Å². The monoisotopic (exact) mass is 275 g/mol. The number of nitrogens with two attached hydrogens (primary N) is 1. The van der Waals surface area contributed by atoms with Crippen molar-refractivity contribution in [1.82, 2.24) is 0 Å². The Hall–Kier alpha value is -1.44. The molecule has 0 radical (unpaired) electrons. The van der Waals surface area contributed by atoms with Gasteiger partial charge in [-0.05, 0) is 25.5 Å². The second-order valence-electron chi connectivity index (χ2n) is 3.64. The van der Waals surface area contributed by atoms with Crippen molar-refractivity contribution in [1.29, 1.82) is 0 Å². The van der Waals surface area contributed by atoms with Crippen molar-refractivity contribution in [2.24, 2.45) is 5.73 Å². The highest BCUT2D eigenvalue weighted by Crippen LogP contribution is 2.08. The van der Waals surface area contributed by atoms with E-state index in [2.05, 4.69) is 0 Å². The molecule has 0 heterocycles. The Labute approximate surface area is 106 Å². The van der Waals surface area contributed by atoms with Gasteiger partial charge < -0.3 is 10.8 Å². The van der Waals surface area contributed by atoms with Crippen LogP contribution in [0.5, 0.6) is 0 Å². The zero-order chi connectivity index (χ0) is 14.3. The van der Waals surface area contributed by atoms with Crippen molar-refractivity contribution in [3.8, 4) is 0 Å². The Morgan fingerprint density at radius 1 is 1.33 bits per heavy atom. The van der Waals surface area contributed by atoms with Gasteiger partial charge in [0.25, 0.3) is 10.1 Å². The van der Waals surface area contributed by atoms with Crippen molar-refractivity contribution in [2.75, 3.05) is 0 Å². The summed E-state index contributed by atoms with van der Waals surface area (Å²) in [6.07, 6.45) is 0.495. The Morgan fingerprint density at radius 3 is 2.00 bits per heavy atom. The number of hydrogen-bond donors (Lipinski definition) is 3. The Morgan fingerprint density at radius 2 is 1.78 bits per heavy atom. The molecule has 0 spiro atoms. The van der Waals surface area contributed by atoms with Gasteiger partial charge in [0.2, 0.25) is 0 Å². The van der Waals surface area contributed by atoms with E-state index in [0.717, 1.165) is 5.56 Å². The first-order chi connectivity index (χ1) is 8.18. The molecule has 0 aliphatic heterocycles. The molecule has 0 saturated heterocycles. The van der Waals surface area contributed by atoms with Crippen LogP contribution in [0, 0.1) is 6.92 Å². The molecule has 1 rings (SSSR count). The number of hydrogen-bond acceptors (Lipinski definition) is 4. The molecule has 0 fully saturated rings. The quantitative estimate of drug-likeness (QED) is 0.710. The first-order valence-corrected chi connectivity index (χ1v) is 6.65. The maximum Gasteiger partial charge on any atom is 0.320 e. The normalized spacial score (nSPS) is 12.2. The molecular weight excluding hydrogens is 258 g/mol. The van der Waals surface area contributed by atoms with Crippen molar-refractivity contribution in [2.45, 2.75) is 31.2 Å². The predicted octanol–water partition coefficient (Wildman–Crippen LogP) is 1.05. The van der Waals surface area contributed by atoms with Crippen molar-refractivity contribution in [3.05, 3.63) is 29.8 Å². The van der Waals surface area contributed by atoms with Crippen molar-refractivity contribution < 1.29 is 22.9 Å². The minimum absolute atomic E-state index is 0.0666. The van der Waals surface area contributed by atoms with Crippen LogP contribution in [-0.4, -0.2) is 30.1 Å². The van der Waals surface area contributed by atoms with Crippen LogP contribution in [0.25, 0.3) is 0 Å². The van der Waals surface area contributed by atoms with E-state index in [1.54, 1.807) is 19.1 Å². The molecule has 1 aromatic rings. The molecule has 7 heteroatoms. The van der Waals surface area contributed by atoms with Gasteiger partial charge in [0.1, 0.15) is 6.04 Å². The molecule has 6 nitrogen and oxygen atoms in total. The summed E-state index contributed by atoms with van der Waals surface area (Å²) < 4.78 is 29.6. The Bertz CT molecular complexity index is 481. The zero-order valence-electron chi connectivity index (χ0n) is 10.2. The molecule has 0 aromatic heterocycles. The third-order valence-electron chi connectivity index (χ3n) is 2.08. The highest BCUT2D eigenvalue weighted by Gasteiger charge is 2.07. The van der Waals surface area contributed by atoms with Crippen molar-refractivity contribution in [3.63, 3.8) is 0 Å².